The lowest BCUT2D eigenvalue weighted by molar-refractivity contribution is -0.141. The zero-order valence-corrected chi connectivity index (χ0v) is 15.5. The van der Waals surface area contributed by atoms with Gasteiger partial charge in [0.05, 0.1) is 7.11 Å². The van der Waals surface area contributed by atoms with Crippen LogP contribution in [0.5, 0.6) is 0 Å². The molecule has 0 aliphatic carbocycles. The third kappa shape index (κ3) is 5.43. The van der Waals surface area contributed by atoms with Gasteiger partial charge in [-0.3, -0.25) is 0 Å². The first-order valence-corrected chi connectivity index (χ1v) is 8.58. The highest BCUT2D eigenvalue weighted by atomic mass is 32.2. The predicted octanol–water partition coefficient (Wildman–Crippen LogP) is 3.62. The first-order chi connectivity index (χ1) is 12.8. The van der Waals surface area contributed by atoms with Gasteiger partial charge >= 0.3 is 12.1 Å². The number of aryl methyl sites for hydroxylation is 1. The molecule has 0 atom stereocenters. The van der Waals surface area contributed by atoms with Gasteiger partial charge in [0, 0.05) is 17.4 Å². The molecule has 1 heterocycles. The van der Waals surface area contributed by atoms with Crippen LogP contribution in [0.25, 0.3) is 0 Å². The molecule has 0 fully saturated rings. The molecule has 0 spiro atoms. The van der Waals surface area contributed by atoms with Crippen molar-refractivity contribution in [3.8, 4) is 0 Å². The molecule has 1 aromatic heterocycles. The van der Waals surface area contributed by atoms with E-state index in [0.717, 1.165) is 17.8 Å². The van der Waals surface area contributed by atoms with Crippen molar-refractivity contribution in [3.63, 3.8) is 0 Å². The van der Waals surface area contributed by atoms with E-state index in [1.54, 1.807) is 24.3 Å². The summed E-state index contributed by atoms with van der Waals surface area (Å²) in [5, 5.41) is 3.87. The number of alkyl halides is 3. The number of methoxy groups -OCH3 is 1. The third-order valence-corrected chi connectivity index (χ3v) is 4.27. The molecule has 0 bridgehead atoms. The second-order valence-electron chi connectivity index (χ2n) is 5.20. The number of esters is 1. The van der Waals surface area contributed by atoms with E-state index in [-0.39, 0.29) is 22.3 Å². The Morgan fingerprint density at radius 3 is 2.56 bits per heavy atom. The van der Waals surface area contributed by atoms with Gasteiger partial charge in [0.2, 0.25) is 0 Å². The van der Waals surface area contributed by atoms with Crippen LogP contribution >= 0.6 is 11.8 Å². The number of aromatic nitrogens is 2. The maximum absolute atomic E-state index is 12.9. The summed E-state index contributed by atoms with van der Waals surface area (Å²) in [7, 11) is 2.51. The smallest absolute Gasteiger partial charge is 0.433 e. The number of hydrogen-bond acceptors (Lipinski definition) is 7. The molecule has 27 heavy (non-hydrogen) atoms. The largest absolute Gasteiger partial charge is 0.464 e. The molecule has 0 aliphatic rings. The SMILES string of the molecule is CON=C(C(=O)OC)c1ccccc1CSc1cc(C(F)(F)F)nc(C)n1. The lowest BCUT2D eigenvalue weighted by Crippen LogP contribution is -2.19. The number of thioether (sulfide) groups is 1. The summed E-state index contributed by atoms with van der Waals surface area (Å²) in [4.78, 5) is 24.1. The molecule has 10 heteroatoms. The minimum Gasteiger partial charge on any atom is -0.464 e. The van der Waals surface area contributed by atoms with Gasteiger partial charge in [0.15, 0.2) is 5.71 Å². The number of carbonyl (C=O) groups is 1. The molecule has 0 amide bonds. The molecule has 1 aromatic carbocycles. The van der Waals surface area contributed by atoms with Crippen LogP contribution in [-0.4, -0.2) is 35.9 Å². The van der Waals surface area contributed by atoms with Gasteiger partial charge in [-0.1, -0.05) is 29.4 Å². The predicted molar refractivity (Wildman–Crippen MR) is 93.3 cm³/mol. The number of hydrogen-bond donors (Lipinski definition) is 0. The summed E-state index contributed by atoms with van der Waals surface area (Å²) in [5.41, 5.74) is 0.0853. The van der Waals surface area contributed by atoms with Crippen molar-refractivity contribution in [1.82, 2.24) is 9.97 Å². The van der Waals surface area contributed by atoms with Gasteiger partial charge in [-0.05, 0) is 12.5 Å². The average molecular weight is 399 g/mol. The fraction of sp³-hybridized carbons (Fsp3) is 0.294. The van der Waals surface area contributed by atoms with Gasteiger partial charge in [0.1, 0.15) is 23.7 Å². The topological polar surface area (TPSA) is 73.7 Å². The van der Waals surface area contributed by atoms with Gasteiger partial charge in [-0.25, -0.2) is 14.8 Å². The van der Waals surface area contributed by atoms with Crippen LogP contribution in [0, 0.1) is 6.92 Å². The van der Waals surface area contributed by atoms with Crippen molar-refractivity contribution < 1.29 is 27.5 Å². The molecule has 0 aliphatic heterocycles. The standard InChI is InChI=1S/C17H16F3N3O3S/c1-10-21-13(17(18,19)20)8-14(22-10)27-9-11-6-4-5-7-12(11)15(23-26-3)16(24)25-2/h4-8H,9H2,1-3H3. The highest BCUT2D eigenvalue weighted by Gasteiger charge is 2.33. The van der Waals surface area contributed by atoms with Crippen molar-refractivity contribution in [1.29, 1.82) is 0 Å². The summed E-state index contributed by atoms with van der Waals surface area (Å²) < 4.78 is 43.4. The summed E-state index contributed by atoms with van der Waals surface area (Å²) in [6.07, 6.45) is -4.55. The van der Waals surface area contributed by atoms with E-state index in [2.05, 4.69) is 15.1 Å². The molecular formula is C17H16F3N3O3S. The molecule has 0 saturated carbocycles. The Hall–Kier alpha value is -2.62. The lowest BCUT2D eigenvalue weighted by atomic mass is 10.0. The van der Waals surface area contributed by atoms with Gasteiger partial charge in [0.25, 0.3) is 0 Å². The quantitative estimate of drug-likeness (QED) is 0.243. The molecular weight excluding hydrogens is 383 g/mol. The summed E-state index contributed by atoms with van der Waals surface area (Å²) in [6.45, 7) is 1.40. The number of benzene rings is 1. The summed E-state index contributed by atoms with van der Waals surface area (Å²) in [5.74, 6) is -0.410. The second-order valence-corrected chi connectivity index (χ2v) is 6.19. The van der Waals surface area contributed by atoms with Crippen molar-refractivity contribution in [2.24, 2.45) is 5.16 Å². The first kappa shape index (κ1) is 20.7. The lowest BCUT2D eigenvalue weighted by Gasteiger charge is -2.11. The Morgan fingerprint density at radius 1 is 1.22 bits per heavy atom. The maximum atomic E-state index is 12.9. The van der Waals surface area contributed by atoms with E-state index in [0.29, 0.717) is 11.1 Å². The van der Waals surface area contributed by atoms with Crippen molar-refractivity contribution in [2.75, 3.05) is 14.2 Å². The first-order valence-electron chi connectivity index (χ1n) is 7.59. The zero-order valence-electron chi connectivity index (χ0n) is 14.7. The van der Waals surface area contributed by atoms with E-state index in [9.17, 15) is 18.0 Å². The van der Waals surface area contributed by atoms with Crippen LogP contribution in [0.4, 0.5) is 13.2 Å². The Labute approximate surface area is 157 Å². The minimum atomic E-state index is -4.55. The molecule has 2 aromatic rings. The van der Waals surface area contributed by atoms with Crippen LogP contribution in [0.1, 0.15) is 22.6 Å². The molecule has 144 valence electrons. The molecule has 0 unspecified atom stereocenters. The van der Waals surface area contributed by atoms with Gasteiger partial charge in [-0.15, -0.1) is 11.8 Å². The highest BCUT2D eigenvalue weighted by molar-refractivity contribution is 7.98. The third-order valence-electron chi connectivity index (χ3n) is 3.31. The minimum absolute atomic E-state index is 0.0248. The number of oxime groups is 1. The normalized spacial score (nSPS) is 12.0. The number of rotatable bonds is 6. The fourth-order valence-corrected chi connectivity index (χ4v) is 3.12. The van der Waals surface area contributed by atoms with Crippen LogP contribution < -0.4 is 0 Å². The monoisotopic (exact) mass is 399 g/mol. The second kappa shape index (κ2) is 8.85. The zero-order chi connectivity index (χ0) is 20.0. The number of nitrogens with zero attached hydrogens (tertiary/aromatic N) is 3. The van der Waals surface area contributed by atoms with Crippen LogP contribution in [0.15, 0.2) is 40.5 Å². The van der Waals surface area contributed by atoms with E-state index >= 15 is 0 Å². The van der Waals surface area contributed by atoms with E-state index in [1.165, 1.54) is 21.1 Å². The molecule has 0 N–H and O–H groups in total. The van der Waals surface area contributed by atoms with Crippen LogP contribution in [-0.2, 0) is 26.3 Å². The van der Waals surface area contributed by atoms with Crippen molar-refractivity contribution >= 4 is 23.4 Å². The van der Waals surface area contributed by atoms with Crippen molar-refractivity contribution in [2.45, 2.75) is 23.9 Å². The highest BCUT2D eigenvalue weighted by Crippen LogP contribution is 2.31. The number of halogens is 3. The molecule has 0 radical (unpaired) electrons. The van der Waals surface area contributed by atoms with Gasteiger partial charge < -0.3 is 9.57 Å². The van der Waals surface area contributed by atoms with Crippen LogP contribution in [0.2, 0.25) is 0 Å². The Kier molecular flexibility index (Phi) is 6.78. The van der Waals surface area contributed by atoms with E-state index < -0.39 is 17.8 Å². The Bertz CT molecular complexity index is 857. The van der Waals surface area contributed by atoms with Gasteiger partial charge in [-0.2, -0.15) is 13.2 Å². The number of carbonyl (C=O) groups excluding carboxylic acids is 1. The summed E-state index contributed by atoms with van der Waals surface area (Å²) in [6, 6.07) is 7.72. The number of ether oxygens (including phenoxy) is 1. The van der Waals surface area contributed by atoms with E-state index in [1.807, 2.05) is 0 Å². The molecule has 2 rings (SSSR count). The van der Waals surface area contributed by atoms with Crippen LogP contribution in [0.3, 0.4) is 0 Å². The fourth-order valence-electron chi connectivity index (χ4n) is 2.17. The average Bonchev–Trinajstić information content (AvgIpc) is 2.63. The Balaban J connectivity index is 2.31. The summed E-state index contributed by atoms with van der Waals surface area (Å²) >= 11 is 1.09. The molecule has 0 saturated heterocycles. The van der Waals surface area contributed by atoms with E-state index in [4.69, 9.17) is 9.57 Å². The maximum Gasteiger partial charge on any atom is 0.433 e. The van der Waals surface area contributed by atoms with Crippen molar-refractivity contribution in [3.05, 3.63) is 53.0 Å². The molecule has 6 nitrogen and oxygen atoms in total. The Morgan fingerprint density at radius 2 is 1.93 bits per heavy atom.